The minimum atomic E-state index is -3.79. The van der Waals surface area contributed by atoms with Gasteiger partial charge in [0, 0.05) is 32.2 Å². The lowest BCUT2D eigenvalue weighted by molar-refractivity contribution is 0.311. The number of halogens is 1. The van der Waals surface area contributed by atoms with Crippen molar-refractivity contribution in [2.75, 3.05) is 44.4 Å². The van der Waals surface area contributed by atoms with Gasteiger partial charge in [0.15, 0.2) is 10.5 Å². The molecule has 148 valence electrons. The Labute approximate surface area is 173 Å². The number of piperazine rings is 1. The van der Waals surface area contributed by atoms with Gasteiger partial charge >= 0.3 is 0 Å². The fourth-order valence-corrected chi connectivity index (χ4v) is 5.87. The molecule has 3 heterocycles. The van der Waals surface area contributed by atoms with Gasteiger partial charge in [0.1, 0.15) is 16.0 Å². The lowest BCUT2D eigenvalue weighted by Gasteiger charge is -2.33. The number of likely N-dealkylation sites (N-methyl/N-ethyl adjacent to an activating group) is 1. The minimum Gasteiger partial charge on any atom is -0.354 e. The highest BCUT2D eigenvalue weighted by Crippen LogP contribution is 2.34. The van der Waals surface area contributed by atoms with E-state index in [-0.39, 0.29) is 20.6 Å². The van der Waals surface area contributed by atoms with E-state index < -0.39 is 9.84 Å². The molecule has 0 unspecified atom stereocenters. The molecular weight excluding hydrogens is 418 g/mol. The SMILES string of the molecule is CSc1nn2c(N3CCN(C)CC3)cc(Cl)nc2c1S(=O)(=O)c1ccccc1. The predicted octanol–water partition coefficient (Wildman–Crippen LogP) is 2.69. The molecule has 1 aliphatic heterocycles. The third-order valence-corrected chi connectivity index (χ3v) is 7.61. The van der Waals surface area contributed by atoms with E-state index in [1.807, 2.05) is 6.26 Å². The van der Waals surface area contributed by atoms with Gasteiger partial charge in [-0.1, -0.05) is 29.8 Å². The number of nitrogens with zero attached hydrogens (tertiary/aromatic N) is 5. The minimum absolute atomic E-state index is 0.101. The summed E-state index contributed by atoms with van der Waals surface area (Å²) in [5.41, 5.74) is 0.259. The monoisotopic (exact) mass is 437 g/mol. The molecule has 0 bridgehead atoms. The molecule has 0 amide bonds. The molecular formula is C18H20ClN5O2S2. The Bertz CT molecular complexity index is 1110. The molecule has 28 heavy (non-hydrogen) atoms. The van der Waals surface area contributed by atoms with Gasteiger partial charge in [-0.25, -0.2) is 13.4 Å². The van der Waals surface area contributed by atoms with E-state index >= 15 is 0 Å². The number of rotatable bonds is 4. The van der Waals surface area contributed by atoms with Gasteiger partial charge in [-0.15, -0.1) is 11.8 Å². The summed E-state index contributed by atoms with van der Waals surface area (Å²) in [6.07, 6.45) is 1.81. The number of anilines is 1. The summed E-state index contributed by atoms with van der Waals surface area (Å²) < 4.78 is 28.3. The Morgan fingerprint density at radius 2 is 1.79 bits per heavy atom. The molecule has 1 aromatic carbocycles. The third kappa shape index (κ3) is 3.36. The van der Waals surface area contributed by atoms with Crippen molar-refractivity contribution in [3.05, 3.63) is 41.6 Å². The standard InChI is InChI=1S/C18H20ClN5O2S2/c1-22-8-10-23(11-9-22)15-12-14(19)20-17-16(18(27-2)21-24(15)17)28(25,26)13-6-4-3-5-7-13/h3-7,12H,8-11H2,1-2H3. The molecule has 0 atom stereocenters. The number of fused-ring (bicyclic) bond motifs is 1. The highest BCUT2D eigenvalue weighted by molar-refractivity contribution is 7.99. The first-order valence-corrected chi connectivity index (χ1v) is 11.9. The van der Waals surface area contributed by atoms with Gasteiger partial charge in [0.25, 0.3) is 0 Å². The quantitative estimate of drug-likeness (QED) is 0.459. The fourth-order valence-electron chi connectivity index (χ4n) is 3.28. The van der Waals surface area contributed by atoms with Crippen LogP contribution in [0.2, 0.25) is 5.15 Å². The fraction of sp³-hybridized carbons (Fsp3) is 0.333. The second kappa shape index (κ2) is 7.55. The van der Waals surface area contributed by atoms with Crippen LogP contribution in [0.1, 0.15) is 0 Å². The Morgan fingerprint density at radius 3 is 2.43 bits per heavy atom. The zero-order chi connectivity index (χ0) is 19.9. The first-order valence-electron chi connectivity index (χ1n) is 8.78. The van der Waals surface area contributed by atoms with Gasteiger partial charge in [0.2, 0.25) is 9.84 Å². The molecule has 0 saturated carbocycles. The van der Waals surface area contributed by atoms with Crippen LogP contribution >= 0.6 is 23.4 Å². The lowest BCUT2D eigenvalue weighted by atomic mass is 10.3. The summed E-state index contributed by atoms with van der Waals surface area (Å²) in [4.78, 5) is 9.07. The van der Waals surface area contributed by atoms with Crippen molar-refractivity contribution in [2.45, 2.75) is 14.8 Å². The molecule has 4 rings (SSSR count). The average Bonchev–Trinajstić information content (AvgIpc) is 3.08. The van der Waals surface area contributed by atoms with Crippen LogP contribution in [-0.2, 0) is 9.84 Å². The van der Waals surface area contributed by atoms with E-state index in [1.165, 1.54) is 11.8 Å². The first kappa shape index (κ1) is 19.5. The van der Waals surface area contributed by atoms with Gasteiger partial charge in [-0.3, -0.25) is 0 Å². The highest BCUT2D eigenvalue weighted by atomic mass is 35.5. The van der Waals surface area contributed by atoms with Crippen molar-refractivity contribution >= 4 is 44.7 Å². The Morgan fingerprint density at radius 1 is 1.11 bits per heavy atom. The maximum absolute atomic E-state index is 13.4. The molecule has 1 saturated heterocycles. The van der Waals surface area contributed by atoms with E-state index in [0.717, 1.165) is 32.0 Å². The largest absolute Gasteiger partial charge is 0.354 e. The van der Waals surface area contributed by atoms with Crippen LogP contribution in [0.5, 0.6) is 0 Å². The topological polar surface area (TPSA) is 70.8 Å². The van der Waals surface area contributed by atoms with Crippen molar-refractivity contribution in [2.24, 2.45) is 0 Å². The number of sulfone groups is 1. The van der Waals surface area contributed by atoms with Crippen LogP contribution in [0.4, 0.5) is 5.82 Å². The Balaban J connectivity index is 1.93. The molecule has 3 aromatic rings. The van der Waals surface area contributed by atoms with Crippen LogP contribution < -0.4 is 4.90 Å². The Hall–Kier alpha value is -1.81. The third-order valence-electron chi connectivity index (χ3n) is 4.81. The lowest BCUT2D eigenvalue weighted by Crippen LogP contribution is -2.45. The summed E-state index contributed by atoms with van der Waals surface area (Å²) in [5, 5.41) is 5.24. The van der Waals surface area contributed by atoms with Crippen molar-refractivity contribution in [3.63, 3.8) is 0 Å². The number of aromatic nitrogens is 3. The molecule has 0 radical (unpaired) electrons. The summed E-state index contributed by atoms with van der Waals surface area (Å²) >= 11 is 7.58. The van der Waals surface area contributed by atoms with Gasteiger partial charge < -0.3 is 9.80 Å². The molecule has 2 aromatic heterocycles. The zero-order valence-electron chi connectivity index (χ0n) is 15.5. The molecule has 0 N–H and O–H groups in total. The van der Waals surface area contributed by atoms with Crippen LogP contribution in [-0.4, -0.2) is 67.4 Å². The predicted molar refractivity (Wildman–Crippen MR) is 111 cm³/mol. The van der Waals surface area contributed by atoms with Gasteiger partial charge in [-0.05, 0) is 25.4 Å². The maximum atomic E-state index is 13.4. The first-order chi connectivity index (χ1) is 13.4. The van der Waals surface area contributed by atoms with E-state index in [4.69, 9.17) is 11.6 Å². The van der Waals surface area contributed by atoms with Crippen LogP contribution in [0.15, 0.2) is 51.2 Å². The number of benzene rings is 1. The second-order valence-electron chi connectivity index (χ2n) is 6.62. The van der Waals surface area contributed by atoms with Crippen molar-refractivity contribution in [3.8, 4) is 0 Å². The van der Waals surface area contributed by atoms with E-state index in [9.17, 15) is 8.42 Å². The summed E-state index contributed by atoms with van der Waals surface area (Å²) in [6, 6.07) is 10.1. The van der Waals surface area contributed by atoms with Gasteiger partial charge in [0.05, 0.1) is 4.90 Å². The van der Waals surface area contributed by atoms with Gasteiger partial charge in [-0.2, -0.15) is 9.61 Å². The van der Waals surface area contributed by atoms with Crippen molar-refractivity contribution in [1.29, 1.82) is 0 Å². The normalized spacial score (nSPS) is 16.0. The Kier molecular flexibility index (Phi) is 5.26. The smallest absolute Gasteiger partial charge is 0.213 e. The highest BCUT2D eigenvalue weighted by Gasteiger charge is 2.30. The average molecular weight is 438 g/mol. The van der Waals surface area contributed by atoms with Crippen LogP contribution in [0.25, 0.3) is 5.65 Å². The maximum Gasteiger partial charge on any atom is 0.213 e. The summed E-state index contributed by atoms with van der Waals surface area (Å²) in [5.74, 6) is 0.757. The van der Waals surface area contributed by atoms with Crippen LogP contribution in [0.3, 0.4) is 0 Å². The molecule has 1 fully saturated rings. The molecule has 0 aliphatic carbocycles. The zero-order valence-corrected chi connectivity index (χ0v) is 17.9. The number of thioether (sulfide) groups is 1. The summed E-state index contributed by atoms with van der Waals surface area (Å²) in [6.45, 7) is 3.43. The molecule has 0 spiro atoms. The van der Waals surface area contributed by atoms with E-state index in [0.29, 0.717) is 5.03 Å². The van der Waals surface area contributed by atoms with Crippen LogP contribution in [0, 0.1) is 0 Å². The van der Waals surface area contributed by atoms with Crippen molar-refractivity contribution < 1.29 is 8.42 Å². The number of hydrogen-bond donors (Lipinski definition) is 0. The molecule has 1 aliphatic rings. The van der Waals surface area contributed by atoms with Crippen molar-refractivity contribution in [1.82, 2.24) is 19.5 Å². The molecule has 10 heteroatoms. The second-order valence-corrected chi connectivity index (χ2v) is 9.69. The molecule has 7 nitrogen and oxygen atoms in total. The van der Waals surface area contributed by atoms with E-state index in [1.54, 1.807) is 40.9 Å². The van der Waals surface area contributed by atoms with E-state index in [2.05, 4.69) is 26.9 Å². The summed E-state index contributed by atoms with van der Waals surface area (Å²) in [7, 11) is -1.71. The number of hydrogen-bond acceptors (Lipinski definition) is 7.